The Labute approximate surface area is 108 Å². The molecular weight excluding hydrogens is 230 g/mol. The van der Waals surface area contributed by atoms with Crippen molar-refractivity contribution >= 4 is 11.8 Å². The van der Waals surface area contributed by atoms with Gasteiger partial charge in [0.2, 0.25) is 0 Å². The van der Waals surface area contributed by atoms with E-state index < -0.39 is 0 Å². The van der Waals surface area contributed by atoms with E-state index in [4.69, 9.17) is 4.74 Å². The van der Waals surface area contributed by atoms with Gasteiger partial charge in [-0.1, -0.05) is 19.1 Å². The minimum absolute atomic E-state index is 0.341. The van der Waals surface area contributed by atoms with Crippen molar-refractivity contribution in [2.24, 2.45) is 5.41 Å². The van der Waals surface area contributed by atoms with Crippen molar-refractivity contribution < 1.29 is 4.74 Å². The molecule has 1 N–H and O–H groups in total. The van der Waals surface area contributed by atoms with Gasteiger partial charge in [-0.25, -0.2) is 0 Å². The summed E-state index contributed by atoms with van der Waals surface area (Å²) in [6.07, 6.45) is 2.11. The van der Waals surface area contributed by atoms with Gasteiger partial charge in [0.15, 0.2) is 0 Å². The third-order valence-electron chi connectivity index (χ3n) is 3.35. The zero-order chi connectivity index (χ0) is 12.3. The largest absolute Gasteiger partial charge is 0.380 e. The van der Waals surface area contributed by atoms with Crippen molar-refractivity contribution in [3.63, 3.8) is 0 Å². The van der Waals surface area contributed by atoms with Gasteiger partial charge in [0.25, 0.3) is 0 Å². The van der Waals surface area contributed by atoms with Crippen molar-refractivity contribution in [2.45, 2.75) is 24.8 Å². The van der Waals surface area contributed by atoms with Crippen LogP contribution in [0.15, 0.2) is 29.2 Å². The molecule has 17 heavy (non-hydrogen) atoms. The number of benzene rings is 1. The number of thioether (sulfide) groups is 1. The fourth-order valence-electron chi connectivity index (χ4n) is 1.96. The molecule has 1 aliphatic heterocycles. The Bertz CT molecular complexity index is 359. The molecule has 1 aliphatic rings. The molecule has 1 aromatic carbocycles. The fraction of sp³-hybridized carbons (Fsp3) is 0.571. The van der Waals surface area contributed by atoms with Gasteiger partial charge in [0.05, 0.1) is 13.2 Å². The summed E-state index contributed by atoms with van der Waals surface area (Å²) in [4.78, 5) is 1.32. The minimum atomic E-state index is 0.341. The average Bonchev–Trinajstić information content (AvgIpc) is 2.33. The van der Waals surface area contributed by atoms with E-state index in [-0.39, 0.29) is 0 Å². The maximum absolute atomic E-state index is 5.26. The zero-order valence-electron chi connectivity index (χ0n) is 10.8. The van der Waals surface area contributed by atoms with E-state index in [1.807, 2.05) is 0 Å². The van der Waals surface area contributed by atoms with Crippen molar-refractivity contribution in [1.29, 1.82) is 0 Å². The van der Waals surface area contributed by atoms with Crippen LogP contribution in [0.4, 0.5) is 0 Å². The first-order chi connectivity index (χ1) is 8.13. The van der Waals surface area contributed by atoms with Crippen LogP contribution in [0.25, 0.3) is 0 Å². The first-order valence-corrected chi connectivity index (χ1v) is 7.30. The Morgan fingerprint density at radius 2 is 2.00 bits per heavy atom. The second-order valence-corrected chi connectivity index (χ2v) is 6.06. The van der Waals surface area contributed by atoms with Crippen LogP contribution in [-0.4, -0.2) is 26.0 Å². The third-order valence-corrected chi connectivity index (χ3v) is 4.10. The molecule has 94 valence electrons. The molecule has 1 fully saturated rings. The topological polar surface area (TPSA) is 21.3 Å². The molecular formula is C14H21NOS. The molecule has 1 unspecified atom stereocenters. The Morgan fingerprint density at radius 3 is 2.47 bits per heavy atom. The standard InChI is InChI=1S/C14H21NOS/c1-11(15-8-14(2)9-16-10-14)12-4-6-13(17-3)7-5-12/h4-7,11,15H,8-10H2,1-3H3. The molecule has 1 atom stereocenters. The van der Waals surface area contributed by atoms with Crippen LogP contribution < -0.4 is 5.32 Å². The summed E-state index contributed by atoms with van der Waals surface area (Å²) in [5, 5.41) is 3.59. The van der Waals surface area contributed by atoms with Crippen LogP contribution in [0, 0.1) is 5.41 Å². The molecule has 1 saturated heterocycles. The van der Waals surface area contributed by atoms with Crippen molar-refractivity contribution in [2.75, 3.05) is 26.0 Å². The molecule has 0 bridgehead atoms. The van der Waals surface area contributed by atoms with Gasteiger partial charge >= 0.3 is 0 Å². The fourth-order valence-corrected chi connectivity index (χ4v) is 2.37. The monoisotopic (exact) mass is 251 g/mol. The summed E-state index contributed by atoms with van der Waals surface area (Å²) in [6.45, 7) is 7.29. The predicted molar refractivity (Wildman–Crippen MR) is 73.6 cm³/mol. The van der Waals surface area contributed by atoms with Crippen molar-refractivity contribution in [3.05, 3.63) is 29.8 Å². The van der Waals surface area contributed by atoms with E-state index in [1.165, 1.54) is 10.5 Å². The molecule has 0 aliphatic carbocycles. The SMILES string of the molecule is CSc1ccc(C(C)NCC2(C)COC2)cc1. The highest BCUT2D eigenvalue weighted by molar-refractivity contribution is 7.98. The van der Waals surface area contributed by atoms with Crippen LogP contribution in [0.3, 0.4) is 0 Å². The van der Waals surface area contributed by atoms with Gasteiger partial charge in [-0.3, -0.25) is 0 Å². The van der Waals surface area contributed by atoms with Gasteiger partial charge in [-0.15, -0.1) is 11.8 Å². The lowest BCUT2D eigenvalue weighted by Crippen LogP contribution is -2.47. The van der Waals surface area contributed by atoms with Gasteiger partial charge in [-0.05, 0) is 30.9 Å². The van der Waals surface area contributed by atoms with Gasteiger partial charge in [0.1, 0.15) is 0 Å². The summed E-state index contributed by atoms with van der Waals surface area (Å²) >= 11 is 1.78. The van der Waals surface area contributed by atoms with E-state index in [9.17, 15) is 0 Å². The molecule has 0 saturated carbocycles. The molecule has 1 heterocycles. The molecule has 2 rings (SSSR count). The third kappa shape index (κ3) is 3.24. The molecule has 3 heteroatoms. The van der Waals surface area contributed by atoms with E-state index in [0.29, 0.717) is 11.5 Å². The van der Waals surface area contributed by atoms with Crippen LogP contribution in [-0.2, 0) is 4.74 Å². The number of hydrogen-bond acceptors (Lipinski definition) is 3. The van der Waals surface area contributed by atoms with Crippen LogP contribution in [0.2, 0.25) is 0 Å². The van der Waals surface area contributed by atoms with Crippen LogP contribution in [0.5, 0.6) is 0 Å². The van der Waals surface area contributed by atoms with E-state index in [2.05, 4.69) is 49.7 Å². The first-order valence-electron chi connectivity index (χ1n) is 6.08. The molecule has 0 spiro atoms. The van der Waals surface area contributed by atoms with E-state index >= 15 is 0 Å². The lowest BCUT2D eigenvalue weighted by molar-refractivity contribution is -0.0999. The van der Waals surface area contributed by atoms with Crippen molar-refractivity contribution in [3.8, 4) is 0 Å². The van der Waals surface area contributed by atoms with Crippen LogP contribution in [0.1, 0.15) is 25.5 Å². The maximum atomic E-state index is 5.26. The summed E-state index contributed by atoms with van der Waals surface area (Å²) in [6, 6.07) is 9.20. The van der Waals surface area contributed by atoms with Crippen LogP contribution >= 0.6 is 11.8 Å². The van der Waals surface area contributed by atoms with Crippen molar-refractivity contribution in [1.82, 2.24) is 5.32 Å². The highest BCUT2D eigenvalue weighted by Crippen LogP contribution is 2.26. The Balaban J connectivity index is 1.87. The Morgan fingerprint density at radius 1 is 1.35 bits per heavy atom. The number of hydrogen-bond donors (Lipinski definition) is 1. The normalized spacial score (nSPS) is 19.7. The lowest BCUT2D eigenvalue weighted by Gasteiger charge is -2.39. The summed E-state index contributed by atoms with van der Waals surface area (Å²) in [5.74, 6) is 0. The summed E-state index contributed by atoms with van der Waals surface area (Å²) in [7, 11) is 0. The first kappa shape index (κ1) is 12.9. The highest BCUT2D eigenvalue weighted by Gasteiger charge is 2.33. The summed E-state index contributed by atoms with van der Waals surface area (Å²) in [5.41, 5.74) is 1.69. The second kappa shape index (κ2) is 5.42. The minimum Gasteiger partial charge on any atom is -0.380 e. The summed E-state index contributed by atoms with van der Waals surface area (Å²) < 4.78 is 5.26. The molecule has 2 nitrogen and oxygen atoms in total. The molecule has 1 aromatic rings. The maximum Gasteiger partial charge on any atom is 0.0554 e. The van der Waals surface area contributed by atoms with E-state index in [0.717, 1.165) is 19.8 Å². The molecule has 0 amide bonds. The Hall–Kier alpha value is -0.510. The van der Waals surface area contributed by atoms with E-state index in [1.54, 1.807) is 11.8 Å². The van der Waals surface area contributed by atoms with Gasteiger partial charge in [0, 0.05) is 22.9 Å². The van der Waals surface area contributed by atoms with Gasteiger partial charge < -0.3 is 10.1 Å². The Kier molecular flexibility index (Phi) is 4.13. The highest BCUT2D eigenvalue weighted by atomic mass is 32.2. The smallest absolute Gasteiger partial charge is 0.0554 e. The molecule has 0 radical (unpaired) electrons. The quantitative estimate of drug-likeness (QED) is 0.813. The lowest BCUT2D eigenvalue weighted by atomic mass is 9.88. The predicted octanol–water partition coefficient (Wildman–Crippen LogP) is 3.10. The number of ether oxygens (including phenoxy) is 1. The van der Waals surface area contributed by atoms with Gasteiger partial charge in [-0.2, -0.15) is 0 Å². The number of nitrogens with one attached hydrogen (secondary N) is 1. The average molecular weight is 251 g/mol. The second-order valence-electron chi connectivity index (χ2n) is 5.18. The number of rotatable bonds is 5. The molecule has 0 aromatic heterocycles. The zero-order valence-corrected chi connectivity index (χ0v) is 11.6.